The summed E-state index contributed by atoms with van der Waals surface area (Å²) in [4.78, 5) is 0. The summed E-state index contributed by atoms with van der Waals surface area (Å²) < 4.78 is 11.4. The maximum Gasteiger partial charge on any atom is 0.127 e. The molecule has 3 rings (SSSR count). The monoisotopic (exact) mass is 298 g/mol. The van der Waals surface area contributed by atoms with Gasteiger partial charge in [0, 0.05) is 10.4 Å². The molecule has 3 aromatic carbocycles. The average Bonchev–Trinajstić information content (AvgIpc) is 2.53. The fraction of sp³-hybridized carbons (Fsp3) is 0.111. The van der Waals surface area contributed by atoms with Gasteiger partial charge in [0.15, 0.2) is 0 Å². The number of rotatable bonds is 5. The highest BCUT2D eigenvalue weighted by Crippen LogP contribution is 2.25. The van der Waals surface area contributed by atoms with Crippen LogP contribution < -0.4 is 9.47 Å². The number of benzene rings is 3. The Hall–Kier alpha value is -2.19. The molecule has 0 heterocycles. The molecule has 21 heavy (non-hydrogen) atoms. The molecule has 0 amide bonds. The highest BCUT2D eigenvalue weighted by atomic mass is 35.5. The Kier molecular flexibility index (Phi) is 4.27. The highest BCUT2D eigenvalue weighted by Gasteiger charge is 2.01. The SMILES string of the molecule is Clc1ccc(OCCOc2cccc3ccccc23)cc1. The van der Waals surface area contributed by atoms with Crippen LogP contribution >= 0.6 is 11.6 Å². The first-order valence-corrected chi connectivity index (χ1v) is 7.20. The topological polar surface area (TPSA) is 18.5 Å². The third-order valence-corrected chi connectivity index (χ3v) is 3.42. The maximum atomic E-state index is 5.83. The van der Waals surface area contributed by atoms with Gasteiger partial charge >= 0.3 is 0 Å². The van der Waals surface area contributed by atoms with Crippen LogP contribution in [0.3, 0.4) is 0 Å². The smallest absolute Gasteiger partial charge is 0.127 e. The molecule has 0 aliphatic heterocycles. The van der Waals surface area contributed by atoms with Crippen LogP contribution in [-0.2, 0) is 0 Å². The molecule has 0 fully saturated rings. The van der Waals surface area contributed by atoms with Crippen LogP contribution in [0.4, 0.5) is 0 Å². The van der Waals surface area contributed by atoms with Crippen LogP contribution in [-0.4, -0.2) is 13.2 Å². The Bertz CT molecular complexity index is 717. The molecule has 0 atom stereocenters. The molecule has 106 valence electrons. The summed E-state index contributed by atoms with van der Waals surface area (Å²) in [6, 6.07) is 21.5. The molecule has 0 aromatic heterocycles. The van der Waals surface area contributed by atoms with Gasteiger partial charge < -0.3 is 9.47 Å². The number of hydrogen-bond donors (Lipinski definition) is 0. The number of fused-ring (bicyclic) bond motifs is 1. The number of hydrogen-bond acceptors (Lipinski definition) is 2. The third kappa shape index (κ3) is 3.47. The van der Waals surface area contributed by atoms with Crippen molar-refractivity contribution in [3.05, 3.63) is 71.8 Å². The fourth-order valence-corrected chi connectivity index (χ4v) is 2.29. The zero-order chi connectivity index (χ0) is 14.5. The van der Waals surface area contributed by atoms with Gasteiger partial charge in [-0.3, -0.25) is 0 Å². The Labute approximate surface area is 128 Å². The van der Waals surface area contributed by atoms with Crippen molar-refractivity contribution >= 4 is 22.4 Å². The van der Waals surface area contributed by atoms with E-state index in [1.165, 1.54) is 5.39 Å². The molecular formula is C18H15ClO2. The predicted molar refractivity (Wildman–Crippen MR) is 86.4 cm³/mol. The predicted octanol–water partition coefficient (Wildman–Crippen LogP) is 4.95. The van der Waals surface area contributed by atoms with E-state index < -0.39 is 0 Å². The summed E-state index contributed by atoms with van der Waals surface area (Å²) in [6.07, 6.45) is 0. The zero-order valence-electron chi connectivity index (χ0n) is 11.5. The molecule has 0 unspecified atom stereocenters. The van der Waals surface area contributed by atoms with Crippen molar-refractivity contribution in [3.8, 4) is 11.5 Å². The summed E-state index contributed by atoms with van der Waals surface area (Å²) >= 11 is 5.83. The summed E-state index contributed by atoms with van der Waals surface area (Å²) in [5.41, 5.74) is 0. The fourth-order valence-electron chi connectivity index (χ4n) is 2.16. The van der Waals surface area contributed by atoms with E-state index in [2.05, 4.69) is 18.2 Å². The third-order valence-electron chi connectivity index (χ3n) is 3.17. The lowest BCUT2D eigenvalue weighted by molar-refractivity contribution is 0.219. The second-order valence-corrected chi connectivity index (χ2v) is 5.06. The van der Waals surface area contributed by atoms with Crippen LogP contribution in [0.1, 0.15) is 0 Å². The average molecular weight is 299 g/mol. The van der Waals surface area contributed by atoms with Gasteiger partial charge in [-0.05, 0) is 35.7 Å². The lowest BCUT2D eigenvalue weighted by Crippen LogP contribution is -2.09. The first kappa shape index (κ1) is 13.8. The van der Waals surface area contributed by atoms with Crippen molar-refractivity contribution in [1.29, 1.82) is 0 Å². The van der Waals surface area contributed by atoms with Gasteiger partial charge in [0.05, 0.1) is 0 Å². The lowest BCUT2D eigenvalue weighted by Gasteiger charge is -2.10. The largest absolute Gasteiger partial charge is 0.490 e. The molecule has 0 N–H and O–H groups in total. The van der Waals surface area contributed by atoms with Gasteiger partial charge in [-0.2, -0.15) is 0 Å². The van der Waals surface area contributed by atoms with Gasteiger partial charge in [0.1, 0.15) is 24.7 Å². The number of ether oxygens (including phenoxy) is 2. The minimum atomic E-state index is 0.491. The quantitative estimate of drug-likeness (QED) is 0.620. The van der Waals surface area contributed by atoms with Gasteiger partial charge in [-0.1, -0.05) is 48.0 Å². The van der Waals surface area contributed by atoms with E-state index in [1.54, 1.807) is 0 Å². The van der Waals surface area contributed by atoms with Gasteiger partial charge in [0.2, 0.25) is 0 Å². The van der Waals surface area contributed by atoms with E-state index in [4.69, 9.17) is 21.1 Å². The molecule has 3 aromatic rings. The molecule has 0 radical (unpaired) electrons. The van der Waals surface area contributed by atoms with Crippen LogP contribution in [0.5, 0.6) is 11.5 Å². The van der Waals surface area contributed by atoms with Crippen molar-refractivity contribution in [3.63, 3.8) is 0 Å². The molecule has 0 saturated carbocycles. The van der Waals surface area contributed by atoms with E-state index in [0.29, 0.717) is 18.2 Å². The second kappa shape index (κ2) is 6.51. The Balaban J connectivity index is 1.58. The van der Waals surface area contributed by atoms with Crippen LogP contribution in [0.25, 0.3) is 10.8 Å². The maximum absolute atomic E-state index is 5.83. The minimum absolute atomic E-state index is 0.491. The van der Waals surface area contributed by atoms with E-state index in [9.17, 15) is 0 Å². The summed E-state index contributed by atoms with van der Waals surface area (Å²) in [5.74, 6) is 1.67. The minimum Gasteiger partial charge on any atom is -0.490 e. The first-order chi connectivity index (χ1) is 10.3. The normalized spacial score (nSPS) is 10.5. The summed E-state index contributed by atoms with van der Waals surface area (Å²) in [7, 11) is 0. The Morgan fingerprint density at radius 2 is 1.43 bits per heavy atom. The molecule has 0 aliphatic rings. The van der Waals surface area contributed by atoms with Gasteiger partial charge in [0.25, 0.3) is 0 Å². The summed E-state index contributed by atoms with van der Waals surface area (Å²) in [5, 5.41) is 2.99. The van der Waals surface area contributed by atoms with Crippen molar-refractivity contribution in [2.24, 2.45) is 0 Å². The standard InChI is InChI=1S/C18H15ClO2/c19-15-8-10-16(11-9-15)20-12-13-21-18-7-3-5-14-4-1-2-6-17(14)18/h1-11H,12-13H2. The molecule has 0 aliphatic carbocycles. The van der Waals surface area contributed by atoms with Crippen LogP contribution in [0.15, 0.2) is 66.7 Å². The first-order valence-electron chi connectivity index (χ1n) is 6.82. The van der Waals surface area contributed by atoms with E-state index in [-0.39, 0.29) is 0 Å². The van der Waals surface area contributed by atoms with Gasteiger partial charge in [-0.15, -0.1) is 0 Å². The summed E-state index contributed by atoms with van der Waals surface area (Å²) in [6.45, 7) is 0.988. The second-order valence-electron chi connectivity index (χ2n) is 4.63. The molecule has 2 nitrogen and oxygen atoms in total. The molecule has 0 bridgehead atoms. The molecular weight excluding hydrogens is 284 g/mol. The lowest BCUT2D eigenvalue weighted by atomic mass is 10.1. The van der Waals surface area contributed by atoms with E-state index in [0.717, 1.165) is 16.9 Å². The molecule has 3 heteroatoms. The van der Waals surface area contributed by atoms with Crippen molar-refractivity contribution in [1.82, 2.24) is 0 Å². The highest BCUT2D eigenvalue weighted by molar-refractivity contribution is 6.30. The van der Waals surface area contributed by atoms with Crippen molar-refractivity contribution < 1.29 is 9.47 Å². The van der Waals surface area contributed by atoms with Crippen molar-refractivity contribution in [2.45, 2.75) is 0 Å². The number of halogens is 1. The van der Waals surface area contributed by atoms with Crippen LogP contribution in [0, 0.1) is 0 Å². The van der Waals surface area contributed by atoms with Gasteiger partial charge in [-0.25, -0.2) is 0 Å². The Morgan fingerprint density at radius 3 is 2.29 bits per heavy atom. The molecule has 0 saturated heterocycles. The van der Waals surface area contributed by atoms with E-state index >= 15 is 0 Å². The zero-order valence-corrected chi connectivity index (χ0v) is 12.2. The Morgan fingerprint density at radius 1 is 0.714 bits per heavy atom. The van der Waals surface area contributed by atoms with Crippen LogP contribution in [0.2, 0.25) is 5.02 Å². The van der Waals surface area contributed by atoms with E-state index in [1.807, 2.05) is 48.5 Å². The van der Waals surface area contributed by atoms with Crippen molar-refractivity contribution in [2.75, 3.05) is 13.2 Å². The molecule has 0 spiro atoms.